The van der Waals surface area contributed by atoms with Crippen LogP contribution in [-0.4, -0.2) is 28.2 Å². The van der Waals surface area contributed by atoms with E-state index in [1.807, 2.05) is 0 Å². The molecule has 0 aliphatic rings. The summed E-state index contributed by atoms with van der Waals surface area (Å²) in [5, 5.41) is 12.0. The van der Waals surface area contributed by atoms with Crippen LogP contribution in [0.25, 0.3) is 0 Å². The van der Waals surface area contributed by atoms with Crippen LogP contribution in [0.1, 0.15) is 10.4 Å². The van der Waals surface area contributed by atoms with Crippen LogP contribution in [0.4, 0.5) is 11.5 Å². The third-order valence-corrected chi connectivity index (χ3v) is 2.77. The van der Waals surface area contributed by atoms with E-state index in [2.05, 4.69) is 15.3 Å². The Morgan fingerprint density at radius 3 is 2.80 bits per heavy atom. The van der Waals surface area contributed by atoms with Crippen LogP contribution in [-0.2, 0) is 0 Å². The van der Waals surface area contributed by atoms with Crippen molar-refractivity contribution in [3.8, 4) is 5.75 Å². The lowest BCUT2D eigenvalue weighted by atomic mass is 10.2. The van der Waals surface area contributed by atoms with Crippen molar-refractivity contribution >= 4 is 29.1 Å². The number of hydrogen-bond donors (Lipinski definition) is 3. The van der Waals surface area contributed by atoms with Gasteiger partial charge >= 0.3 is 5.97 Å². The Balaban J connectivity index is 2.42. The molecule has 20 heavy (non-hydrogen) atoms. The summed E-state index contributed by atoms with van der Waals surface area (Å²) in [7, 11) is 1.35. The van der Waals surface area contributed by atoms with Crippen LogP contribution in [0.5, 0.6) is 5.75 Å². The van der Waals surface area contributed by atoms with Crippen molar-refractivity contribution in [1.29, 1.82) is 0 Å². The van der Waals surface area contributed by atoms with Gasteiger partial charge in [-0.15, -0.1) is 0 Å². The average Bonchev–Trinajstić information content (AvgIpc) is 2.40. The Morgan fingerprint density at radius 2 is 2.20 bits per heavy atom. The van der Waals surface area contributed by atoms with Crippen LogP contribution in [0.3, 0.4) is 0 Å². The van der Waals surface area contributed by atoms with Crippen LogP contribution < -0.4 is 15.6 Å². The second kappa shape index (κ2) is 5.62. The Hall–Kier alpha value is -2.54. The zero-order valence-corrected chi connectivity index (χ0v) is 11.1. The van der Waals surface area contributed by atoms with Crippen molar-refractivity contribution in [1.82, 2.24) is 9.97 Å². The zero-order valence-electron chi connectivity index (χ0n) is 10.3. The number of ether oxygens (including phenoxy) is 1. The molecule has 0 aliphatic carbocycles. The van der Waals surface area contributed by atoms with Gasteiger partial charge in [-0.25, -0.2) is 9.78 Å². The maximum atomic E-state index is 11.2. The third-order valence-electron chi connectivity index (χ3n) is 2.46. The molecule has 0 saturated carbocycles. The predicted molar refractivity (Wildman–Crippen MR) is 73.1 cm³/mol. The van der Waals surface area contributed by atoms with Gasteiger partial charge in [0.1, 0.15) is 17.1 Å². The Bertz CT molecular complexity index is 714. The van der Waals surface area contributed by atoms with Crippen molar-refractivity contribution in [2.45, 2.75) is 0 Å². The number of hydrogen-bond acceptors (Lipinski definition) is 5. The lowest BCUT2D eigenvalue weighted by molar-refractivity contribution is 0.0693. The fraction of sp³-hybridized carbons (Fsp3) is 0.0833. The smallest absolute Gasteiger partial charge is 0.339 e. The molecule has 1 aromatic heterocycles. The molecule has 0 radical (unpaired) electrons. The summed E-state index contributed by atoms with van der Waals surface area (Å²) in [6.07, 6.45) is 1.24. The molecule has 0 spiro atoms. The molecule has 0 aliphatic heterocycles. The number of nitrogens with one attached hydrogen (secondary N) is 2. The topological polar surface area (TPSA) is 104 Å². The van der Waals surface area contributed by atoms with Gasteiger partial charge in [-0.2, -0.15) is 0 Å². The van der Waals surface area contributed by atoms with E-state index in [4.69, 9.17) is 21.4 Å². The van der Waals surface area contributed by atoms with Crippen LogP contribution in [0.15, 0.2) is 29.3 Å². The molecule has 1 heterocycles. The van der Waals surface area contributed by atoms with E-state index in [-0.39, 0.29) is 27.7 Å². The van der Waals surface area contributed by atoms with Crippen molar-refractivity contribution in [2.24, 2.45) is 0 Å². The molecule has 2 rings (SSSR count). The first-order chi connectivity index (χ1) is 9.51. The number of carboxylic acids is 1. The molecule has 8 heteroatoms. The number of aromatic nitrogens is 2. The van der Waals surface area contributed by atoms with Gasteiger partial charge in [0, 0.05) is 12.1 Å². The number of aromatic carboxylic acids is 1. The van der Waals surface area contributed by atoms with Crippen molar-refractivity contribution < 1.29 is 14.6 Å². The Morgan fingerprint density at radius 1 is 1.45 bits per heavy atom. The SMILES string of the molecule is COc1cc(Nc2cc(=O)[nH]cn2)c(Cl)cc1C(=O)O. The summed E-state index contributed by atoms with van der Waals surface area (Å²) >= 11 is 6.00. The van der Waals surface area contributed by atoms with E-state index in [0.29, 0.717) is 5.69 Å². The van der Waals surface area contributed by atoms with Gasteiger partial charge in [-0.05, 0) is 6.07 Å². The van der Waals surface area contributed by atoms with Crippen LogP contribution >= 0.6 is 11.6 Å². The average molecular weight is 296 g/mol. The highest BCUT2D eigenvalue weighted by Crippen LogP contribution is 2.32. The molecule has 0 atom stereocenters. The molecule has 0 amide bonds. The van der Waals surface area contributed by atoms with Crippen molar-refractivity contribution in [2.75, 3.05) is 12.4 Å². The summed E-state index contributed by atoms with van der Waals surface area (Å²) < 4.78 is 5.00. The van der Waals surface area contributed by atoms with Crippen LogP contribution in [0, 0.1) is 0 Å². The number of carbonyl (C=O) groups is 1. The van der Waals surface area contributed by atoms with Gasteiger partial charge < -0.3 is 20.1 Å². The lowest BCUT2D eigenvalue weighted by Crippen LogP contribution is -2.07. The lowest BCUT2D eigenvalue weighted by Gasteiger charge is -2.11. The zero-order chi connectivity index (χ0) is 14.7. The molecular formula is C12H10ClN3O4. The highest BCUT2D eigenvalue weighted by atomic mass is 35.5. The summed E-state index contributed by atoms with van der Waals surface area (Å²) in [5.74, 6) is -0.723. The number of methoxy groups -OCH3 is 1. The molecule has 0 saturated heterocycles. The largest absolute Gasteiger partial charge is 0.496 e. The monoisotopic (exact) mass is 295 g/mol. The van der Waals surface area contributed by atoms with E-state index in [1.54, 1.807) is 0 Å². The summed E-state index contributed by atoms with van der Waals surface area (Å²) in [6.45, 7) is 0. The predicted octanol–water partition coefficient (Wildman–Crippen LogP) is 1.87. The highest BCUT2D eigenvalue weighted by Gasteiger charge is 2.15. The number of halogens is 1. The Labute approximate surface area is 118 Å². The molecular weight excluding hydrogens is 286 g/mol. The maximum Gasteiger partial charge on any atom is 0.339 e. The second-order valence-corrected chi connectivity index (χ2v) is 4.17. The van der Waals surface area contributed by atoms with Crippen LogP contribution in [0.2, 0.25) is 5.02 Å². The molecule has 2 aromatic rings. The molecule has 0 unspecified atom stereocenters. The summed E-state index contributed by atoms with van der Waals surface area (Å²) in [5.41, 5.74) is 0.00118. The van der Waals surface area contributed by atoms with E-state index in [0.717, 1.165) is 0 Å². The third kappa shape index (κ3) is 2.89. The van der Waals surface area contributed by atoms with Gasteiger partial charge in [0.2, 0.25) is 0 Å². The number of benzene rings is 1. The quantitative estimate of drug-likeness (QED) is 0.795. The van der Waals surface area contributed by atoms with E-state index < -0.39 is 5.97 Å². The number of nitrogens with zero attached hydrogens (tertiary/aromatic N) is 1. The van der Waals surface area contributed by atoms with E-state index >= 15 is 0 Å². The minimum absolute atomic E-state index is 0.0538. The first-order valence-corrected chi connectivity index (χ1v) is 5.81. The second-order valence-electron chi connectivity index (χ2n) is 3.76. The fourth-order valence-corrected chi connectivity index (χ4v) is 1.77. The molecule has 1 aromatic carbocycles. The normalized spacial score (nSPS) is 10.1. The molecule has 0 bridgehead atoms. The number of anilines is 2. The van der Waals surface area contributed by atoms with Gasteiger partial charge in [-0.3, -0.25) is 4.79 Å². The van der Waals surface area contributed by atoms with Gasteiger partial charge in [-0.1, -0.05) is 11.6 Å². The highest BCUT2D eigenvalue weighted by molar-refractivity contribution is 6.33. The minimum Gasteiger partial charge on any atom is -0.496 e. The molecule has 104 valence electrons. The number of H-pyrrole nitrogens is 1. The van der Waals surface area contributed by atoms with Crippen molar-refractivity contribution in [3.63, 3.8) is 0 Å². The van der Waals surface area contributed by atoms with E-state index in [9.17, 15) is 9.59 Å². The first-order valence-electron chi connectivity index (χ1n) is 5.44. The summed E-state index contributed by atoms with van der Waals surface area (Å²) in [4.78, 5) is 28.5. The number of aromatic amines is 1. The van der Waals surface area contributed by atoms with Gasteiger partial charge in [0.15, 0.2) is 0 Å². The molecule has 7 nitrogen and oxygen atoms in total. The Kier molecular flexibility index (Phi) is 3.90. The van der Waals surface area contributed by atoms with E-state index in [1.165, 1.54) is 31.6 Å². The number of carboxylic acid groups (broad SMARTS) is 1. The fourth-order valence-electron chi connectivity index (χ4n) is 1.56. The van der Waals surface area contributed by atoms with Crippen molar-refractivity contribution in [3.05, 3.63) is 45.5 Å². The number of rotatable bonds is 4. The first kappa shape index (κ1) is 13.9. The molecule has 3 N–H and O–H groups in total. The summed E-state index contributed by atoms with van der Waals surface area (Å²) in [6, 6.07) is 3.93. The minimum atomic E-state index is -1.15. The molecule has 0 fully saturated rings. The van der Waals surface area contributed by atoms with Gasteiger partial charge in [0.25, 0.3) is 5.56 Å². The standard InChI is InChI=1S/C12H10ClN3O4/c1-20-9-3-8(7(13)2-6(9)12(18)19)16-10-4-11(17)15-5-14-10/h2-5H,1H3,(H,18,19)(H2,14,15,16,17). The maximum absolute atomic E-state index is 11.2. The van der Waals surface area contributed by atoms with Gasteiger partial charge in [0.05, 0.1) is 24.1 Å².